The normalized spacial score (nSPS) is 21.0. The highest BCUT2D eigenvalue weighted by Crippen LogP contribution is 2.36. The Labute approximate surface area is 201 Å². The van der Waals surface area contributed by atoms with Crippen molar-refractivity contribution < 1.29 is 23.1 Å². The van der Waals surface area contributed by atoms with Crippen LogP contribution in [0.5, 0.6) is 5.75 Å². The Morgan fingerprint density at radius 2 is 1.91 bits per heavy atom. The first kappa shape index (κ1) is 25.9. The fourth-order valence-electron chi connectivity index (χ4n) is 3.88. The summed E-state index contributed by atoms with van der Waals surface area (Å²) in [4.78, 5) is 18.1. The van der Waals surface area contributed by atoms with E-state index in [4.69, 9.17) is 4.74 Å². The average molecular weight is 491 g/mol. The summed E-state index contributed by atoms with van der Waals surface area (Å²) in [5.41, 5.74) is 1.66. The number of amides is 2. The number of hydrogen-bond donors (Lipinski definition) is 2. The number of benzene rings is 1. The molecule has 0 fully saturated rings. The maximum Gasteiger partial charge on any atom is 0.317 e. The molecule has 1 aliphatic heterocycles. The van der Waals surface area contributed by atoms with Crippen molar-refractivity contribution in [2.45, 2.75) is 50.8 Å². The van der Waals surface area contributed by atoms with Crippen LogP contribution in [0.15, 0.2) is 47.6 Å². The van der Waals surface area contributed by atoms with Crippen LogP contribution in [-0.2, 0) is 10.0 Å². The number of hydrogen-bond acceptors (Lipinski definition) is 6. The van der Waals surface area contributed by atoms with E-state index in [0.717, 1.165) is 11.1 Å². The first-order chi connectivity index (χ1) is 16.0. The van der Waals surface area contributed by atoms with Crippen molar-refractivity contribution in [3.63, 3.8) is 0 Å². The van der Waals surface area contributed by atoms with Crippen LogP contribution in [0.2, 0.25) is 0 Å². The Morgan fingerprint density at radius 1 is 1.24 bits per heavy atom. The minimum Gasteiger partial charge on any atom is -0.487 e. The number of likely N-dealkylation sites (N-methyl/N-ethyl adjacent to an activating group) is 1. The quantitative estimate of drug-likeness (QED) is 0.644. The molecule has 0 unspecified atom stereocenters. The summed E-state index contributed by atoms with van der Waals surface area (Å²) in [5.74, 6) is -0.0329. The Balaban J connectivity index is 2.06. The summed E-state index contributed by atoms with van der Waals surface area (Å²) in [6.07, 6.45) is 2.86. The molecule has 2 N–H and O–H groups in total. The predicted molar refractivity (Wildman–Crippen MR) is 130 cm³/mol. The van der Waals surface area contributed by atoms with Gasteiger partial charge in [0.1, 0.15) is 16.7 Å². The van der Waals surface area contributed by atoms with Crippen LogP contribution in [0.25, 0.3) is 11.1 Å². The molecule has 2 heterocycles. The van der Waals surface area contributed by atoms with Gasteiger partial charge < -0.3 is 20.1 Å². The number of aliphatic hydroxyl groups excluding tert-OH is 1. The number of carbonyl (C=O) groups is 1. The number of nitrogens with one attached hydrogen (secondary N) is 1. The largest absolute Gasteiger partial charge is 0.487 e. The third-order valence-corrected chi connectivity index (χ3v) is 7.91. The molecule has 1 aromatic carbocycles. The molecule has 0 saturated heterocycles. The number of urea groups is 1. The third kappa shape index (κ3) is 5.68. The summed E-state index contributed by atoms with van der Waals surface area (Å²) < 4.78 is 34.8. The lowest BCUT2D eigenvalue weighted by Gasteiger charge is -2.37. The topological polar surface area (TPSA) is 112 Å². The van der Waals surface area contributed by atoms with Gasteiger partial charge in [0.2, 0.25) is 10.0 Å². The van der Waals surface area contributed by atoms with E-state index in [0.29, 0.717) is 0 Å². The van der Waals surface area contributed by atoms with Gasteiger partial charge >= 0.3 is 6.03 Å². The van der Waals surface area contributed by atoms with Gasteiger partial charge in [0.05, 0.1) is 13.2 Å². The van der Waals surface area contributed by atoms with E-state index in [-0.39, 0.29) is 48.3 Å². The number of nitrogens with zero attached hydrogens (tertiary/aromatic N) is 3. The molecule has 34 heavy (non-hydrogen) atoms. The molecular weight excluding hydrogens is 456 g/mol. The summed E-state index contributed by atoms with van der Waals surface area (Å²) in [6.45, 7) is 7.45. The number of rotatable bonds is 6. The molecular formula is C24H34N4O5S. The molecule has 0 spiro atoms. The highest BCUT2D eigenvalue weighted by molar-refractivity contribution is 7.89. The first-order valence-electron chi connectivity index (χ1n) is 11.4. The van der Waals surface area contributed by atoms with Crippen LogP contribution in [0.3, 0.4) is 0 Å². The summed E-state index contributed by atoms with van der Waals surface area (Å²) >= 11 is 0. The minimum absolute atomic E-state index is 0.0136. The fourth-order valence-corrected chi connectivity index (χ4v) is 5.70. The highest BCUT2D eigenvalue weighted by atomic mass is 32.2. The molecule has 0 aliphatic carbocycles. The molecule has 1 aromatic heterocycles. The van der Waals surface area contributed by atoms with Crippen LogP contribution >= 0.6 is 0 Å². The van der Waals surface area contributed by atoms with Crippen molar-refractivity contribution in [1.29, 1.82) is 0 Å². The zero-order valence-corrected chi connectivity index (χ0v) is 21.1. The van der Waals surface area contributed by atoms with E-state index in [1.165, 1.54) is 4.31 Å². The van der Waals surface area contributed by atoms with Crippen molar-refractivity contribution in [2.75, 3.05) is 26.7 Å². The zero-order chi connectivity index (χ0) is 25.0. The zero-order valence-electron chi connectivity index (χ0n) is 20.3. The van der Waals surface area contributed by atoms with Gasteiger partial charge in [0.15, 0.2) is 0 Å². The number of carbonyl (C=O) groups excluding carboxylic acids is 1. The molecule has 186 valence electrons. The molecule has 3 atom stereocenters. The molecule has 0 saturated carbocycles. The maximum atomic E-state index is 13.6. The van der Waals surface area contributed by atoms with Gasteiger partial charge in [-0.05, 0) is 56.2 Å². The molecule has 2 aromatic rings. The van der Waals surface area contributed by atoms with Crippen LogP contribution < -0.4 is 10.1 Å². The fraction of sp³-hybridized carbons (Fsp3) is 0.500. The molecule has 9 nitrogen and oxygen atoms in total. The predicted octanol–water partition coefficient (Wildman–Crippen LogP) is 2.57. The van der Waals surface area contributed by atoms with Gasteiger partial charge in [-0.15, -0.1) is 0 Å². The van der Waals surface area contributed by atoms with Crippen LogP contribution in [0, 0.1) is 5.92 Å². The minimum atomic E-state index is -3.93. The Morgan fingerprint density at radius 3 is 2.53 bits per heavy atom. The Kier molecular flexibility index (Phi) is 8.17. The van der Waals surface area contributed by atoms with Gasteiger partial charge in [-0.3, -0.25) is 4.98 Å². The molecule has 3 rings (SSSR count). The van der Waals surface area contributed by atoms with Gasteiger partial charge in [0, 0.05) is 44.0 Å². The van der Waals surface area contributed by atoms with E-state index in [9.17, 15) is 18.3 Å². The maximum absolute atomic E-state index is 13.6. The molecule has 0 bridgehead atoms. The lowest BCUT2D eigenvalue weighted by molar-refractivity contribution is 0.0810. The molecule has 2 amide bonds. The Bertz CT molecular complexity index is 1090. The number of aliphatic hydroxyl groups is 1. The second-order valence-corrected chi connectivity index (χ2v) is 11.0. The van der Waals surface area contributed by atoms with Gasteiger partial charge in [-0.1, -0.05) is 13.0 Å². The third-order valence-electron chi connectivity index (χ3n) is 5.89. The van der Waals surface area contributed by atoms with E-state index < -0.39 is 22.2 Å². The van der Waals surface area contributed by atoms with Crippen LogP contribution in [-0.4, -0.2) is 78.7 Å². The molecule has 10 heteroatoms. The van der Waals surface area contributed by atoms with Crippen molar-refractivity contribution in [3.8, 4) is 16.9 Å². The number of sulfonamides is 1. The second kappa shape index (κ2) is 10.7. The van der Waals surface area contributed by atoms with Crippen molar-refractivity contribution in [2.24, 2.45) is 5.92 Å². The van der Waals surface area contributed by atoms with Crippen molar-refractivity contribution >= 4 is 16.1 Å². The number of fused-ring (bicyclic) bond motifs is 1. The van der Waals surface area contributed by atoms with Crippen molar-refractivity contribution in [3.05, 3.63) is 42.7 Å². The van der Waals surface area contributed by atoms with Crippen molar-refractivity contribution in [1.82, 2.24) is 19.5 Å². The van der Waals surface area contributed by atoms with E-state index in [1.54, 1.807) is 49.5 Å². The molecule has 0 radical (unpaired) electrons. The summed E-state index contributed by atoms with van der Waals surface area (Å²) in [5, 5.41) is 12.6. The first-order valence-corrected chi connectivity index (χ1v) is 12.8. The van der Waals surface area contributed by atoms with Crippen LogP contribution in [0.1, 0.15) is 27.7 Å². The van der Waals surface area contributed by atoms with E-state index >= 15 is 0 Å². The van der Waals surface area contributed by atoms with Gasteiger partial charge in [0.25, 0.3) is 0 Å². The lowest BCUT2D eigenvalue weighted by atomic mass is 10.0. The number of aromatic nitrogens is 1. The SMILES string of the molecule is CC(C)NC(=O)N(C)C[C@@H]1Oc2cc(-c3ccncc3)ccc2S(=O)(=O)N([C@@H](C)CO)C[C@H]1C. The second-order valence-electron chi connectivity index (χ2n) is 9.12. The standard InChI is InChI=1S/C24H34N4O5S/c1-16(2)26-24(30)27(5)14-22-17(3)13-28(18(4)15-29)34(31,32)23-7-6-20(12-21(23)33-22)19-8-10-25-11-9-19/h6-12,16-18,22,29H,13-15H2,1-5H3,(H,26,30)/t17-,18+,22+/m1/s1. The molecule has 1 aliphatic rings. The smallest absolute Gasteiger partial charge is 0.317 e. The average Bonchev–Trinajstić information content (AvgIpc) is 2.80. The monoisotopic (exact) mass is 490 g/mol. The summed E-state index contributed by atoms with van der Waals surface area (Å²) in [7, 11) is -2.24. The van der Waals surface area contributed by atoms with Gasteiger partial charge in [-0.25, -0.2) is 13.2 Å². The van der Waals surface area contributed by atoms with E-state index in [1.807, 2.05) is 32.9 Å². The number of ether oxygens (including phenoxy) is 1. The lowest BCUT2D eigenvalue weighted by Crippen LogP contribution is -2.51. The van der Waals surface area contributed by atoms with Gasteiger partial charge in [-0.2, -0.15) is 4.31 Å². The van der Waals surface area contributed by atoms with Crippen LogP contribution in [0.4, 0.5) is 4.79 Å². The Hall–Kier alpha value is -2.69. The number of pyridine rings is 1. The van der Waals surface area contributed by atoms with E-state index in [2.05, 4.69) is 10.3 Å². The highest BCUT2D eigenvalue weighted by Gasteiger charge is 2.38. The summed E-state index contributed by atoms with van der Waals surface area (Å²) in [6, 6.07) is 7.81.